The summed E-state index contributed by atoms with van der Waals surface area (Å²) in [6, 6.07) is 14.8. The average molecular weight is 404 g/mol. The normalized spacial score (nSPS) is 16.7. The fraction of sp³-hybridized carbons (Fsp3) is 0.381. The van der Waals surface area contributed by atoms with E-state index in [0.717, 1.165) is 43.2 Å². The van der Waals surface area contributed by atoms with E-state index in [2.05, 4.69) is 10.2 Å². The Hall–Kier alpha value is -2.44. The number of carbonyl (C=O) groups excluding carboxylic acids is 1. The van der Waals surface area contributed by atoms with Crippen LogP contribution in [-0.4, -0.2) is 43.2 Å². The minimum absolute atomic E-state index is 0.401. The SMILES string of the molecule is NC(=O)NCCCN1CCC[C@H]1COc1ccc(Oc2ccc(Cl)cc2)cc1. The Kier molecular flexibility index (Phi) is 7.39. The number of nitrogens with two attached hydrogens (primary N) is 1. The van der Waals surface area contributed by atoms with Crippen molar-refractivity contribution in [1.82, 2.24) is 10.2 Å². The first-order valence-electron chi connectivity index (χ1n) is 9.54. The van der Waals surface area contributed by atoms with Crippen molar-refractivity contribution in [3.8, 4) is 17.2 Å². The zero-order valence-electron chi connectivity index (χ0n) is 15.8. The largest absolute Gasteiger partial charge is 0.492 e. The van der Waals surface area contributed by atoms with Crippen molar-refractivity contribution in [2.24, 2.45) is 5.73 Å². The second-order valence-electron chi connectivity index (χ2n) is 6.81. The second-order valence-corrected chi connectivity index (χ2v) is 7.25. The molecule has 28 heavy (non-hydrogen) atoms. The van der Waals surface area contributed by atoms with E-state index >= 15 is 0 Å². The van der Waals surface area contributed by atoms with Crippen LogP contribution in [0.1, 0.15) is 19.3 Å². The van der Waals surface area contributed by atoms with Crippen LogP contribution in [0.15, 0.2) is 48.5 Å². The monoisotopic (exact) mass is 403 g/mol. The molecule has 1 saturated heterocycles. The molecule has 3 rings (SSSR count). The first kappa shape index (κ1) is 20.3. The number of nitrogens with zero attached hydrogens (tertiary/aromatic N) is 1. The van der Waals surface area contributed by atoms with E-state index in [9.17, 15) is 4.79 Å². The Morgan fingerprint density at radius 2 is 1.75 bits per heavy atom. The van der Waals surface area contributed by atoms with Crippen LogP contribution in [0, 0.1) is 0 Å². The maximum Gasteiger partial charge on any atom is 0.312 e. The minimum Gasteiger partial charge on any atom is -0.492 e. The predicted molar refractivity (Wildman–Crippen MR) is 110 cm³/mol. The molecule has 0 unspecified atom stereocenters. The number of likely N-dealkylation sites (tertiary alicyclic amines) is 1. The molecule has 0 bridgehead atoms. The molecule has 0 radical (unpaired) electrons. The van der Waals surface area contributed by atoms with Gasteiger partial charge in [-0.25, -0.2) is 4.79 Å². The Labute approximate surface area is 170 Å². The Morgan fingerprint density at radius 3 is 2.43 bits per heavy atom. The number of primary amides is 1. The zero-order valence-corrected chi connectivity index (χ0v) is 16.5. The lowest BCUT2D eigenvalue weighted by atomic mass is 10.2. The van der Waals surface area contributed by atoms with E-state index in [-0.39, 0.29) is 0 Å². The molecule has 1 aliphatic heterocycles. The molecule has 1 heterocycles. The Morgan fingerprint density at radius 1 is 1.11 bits per heavy atom. The van der Waals surface area contributed by atoms with Gasteiger partial charge in [0.1, 0.15) is 23.9 Å². The average Bonchev–Trinajstić information content (AvgIpc) is 3.14. The highest BCUT2D eigenvalue weighted by Gasteiger charge is 2.24. The van der Waals surface area contributed by atoms with E-state index in [1.807, 2.05) is 36.4 Å². The van der Waals surface area contributed by atoms with Crippen LogP contribution < -0.4 is 20.5 Å². The highest BCUT2D eigenvalue weighted by molar-refractivity contribution is 6.30. The van der Waals surface area contributed by atoms with Crippen molar-refractivity contribution < 1.29 is 14.3 Å². The maximum absolute atomic E-state index is 10.7. The predicted octanol–water partition coefficient (Wildman–Crippen LogP) is 4.03. The first-order valence-corrected chi connectivity index (χ1v) is 9.91. The van der Waals surface area contributed by atoms with E-state index in [4.69, 9.17) is 26.8 Å². The molecular formula is C21H26ClN3O3. The lowest BCUT2D eigenvalue weighted by Crippen LogP contribution is -2.37. The summed E-state index contributed by atoms with van der Waals surface area (Å²) in [7, 11) is 0. The number of hydrogen-bond acceptors (Lipinski definition) is 4. The van der Waals surface area contributed by atoms with E-state index < -0.39 is 6.03 Å². The molecular weight excluding hydrogens is 378 g/mol. The molecule has 1 aliphatic rings. The highest BCUT2D eigenvalue weighted by Crippen LogP contribution is 2.26. The maximum atomic E-state index is 10.7. The minimum atomic E-state index is -0.468. The number of nitrogens with one attached hydrogen (secondary N) is 1. The molecule has 1 fully saturated rings. The second kappa shape index (κ2) is 10.2. The number of amides is 2. The molecule has 2 amide bonds. The van der Waals surface area contributed by atoms with Crippen molar-refractivity contribution in [2.75, 3.05) is 26.2 Å². The molecule has 150 valence electrons. The van der Waals surface area contributed by atoms with Crippen LogP contribution in [0.4, 0.5) is 4.79 Å². The third-order valence-corrected chi connectivity index (χ3v) is 4.99. The molecule has 2 aromatic rings. The van der Waals surface area contributed by atoms with Crippen LogP contribution >= 0.6 is 11.6 Å². The van der Waals surface area contributed by atoms with Crippen LogP contribution in [0.3, 0.4) is 0 Å². The summed E-state index contributed by atoms with van der Waals surface area (Å²) in [6.07, 6.45) is 3.18. The summed E-state index contributed by atoms with van der Waals surface area (Å²) in [6.45, 7) is 3.26. The summed E-state index contributed by atoms with van der Waals surface area (Å²) in [5.74, 6) is 2.32. The zero-order chi connectivity index (χ0) is 19.8. The van der Waals surface area contributed by atoms with Gasteiger partial charge in [0, 0.05) is 24.2 Å². The van der Waals surface area contributed by atoms with Gasteiger partial charge in [0.2, 0.25) is 0 Å². The third-order valence-electron chi connectivity index (χ3n) is 4.74. The van der Waals surface area contributed by atoms with Gasteiger partial charge in [-0.3, -0.25) is 4.90 Å². The summed E-state index contributed by atoms with van der Waals surface area (Å²) in [4.78, 5) is 13.1. The smallest absolute Gasteiger partial charge is 0.312 e. The number of halogens is 1. The number of ether oxygens (including phenoxy) is 2. The molecule has 0 saturated carbocycles. The number of benzene rings is 2. The van der Waals surface area contributed by atoms with E-state index in [1.54, 1.807) is 12.1 Å². The Bertz CT molecular complexity index is 752. The number of carbonyl (C=O) groups is 1. The van der Waals surface area contributed by atoms with Crippen molar-refractivity contribution >= 4 is 17.6 Å². The summed E-state index contributed by atoms with van der Waals surface area (Å²) in [5, 5.41) is 3.31. The molecule has 0 spiro atoms. The third kappa shape index (κ3) is 6.32. The fourth-order valence-electron chi connectivity index (χ4n) is 3.31. The van der Waals surface area contributed by atoms with Crippen molar-refractivity contribution in [3.05, 3.63) is 53.6 Å². The van der Waals surface area contributed by atoms with Crippen molar-refractivity contribution in [2.45, 2.75) is 25.3 Å². The van der Waals surface area contributed by atoms with Crippen molar-refractivity contribution in [3.63, 3.8) is 0 Å². The van der Waals surface area contributed by atoms with Gasteiger partial charge in [0.05, 0.1) is 0 Å². The fourth-order valence-corrected chi connectivity index (χ4v) is 3.43. The summed E-state index contributed by atoms with van der Waals surface area (Å²) >= 11 is 5.88. The van der Waals surface area contributed by atoms with E-state index in [0.29, 0.717) is 24.2 Å². The molecule has 3 N–H and O–H groups in total. The molecule has 6 nitrogen and oxygen atoms in total. The number of urea groups is 1. The van der Waals surface area contributed by atoms with Gasteiger partial charge in [-0.1, -0.05) is 11.6 Å². The van der Waals surface area contributed by atoms with Crippen LogP contribution in [0.5, 0.6) is 17.2 Å². The molecule has 1 atom stereocenters. The standard InChI is InChI=1S/C21H26ClN3O3/c22-16-4-6-19(7-5-16)28-20-10-8-18(9-11-20)27-15-17-3-1-13-25(17)14-2-12-24-21(23)26/h4-11,17H,1-3,12-15H2,(H3,23,24,26)/t17-/m0/s1. The van der Waals surface area contributed by atoms with Crippen LogP contribution in [0.2, 0.25) is 5.02 Å². The first-order chi connectivity index (χ1) is 13.6. The van der Waals surface area contributed by atoms with Gasteiger partial charge in [0.25, 0.3) is 0 Å². The molecule has 7 heteroatoms. The van der Waals surface area contributed by atoms with Crippen molar-refractivity contribution in [1.29, 1.82) is 0 Å². The lowest BCUT2D eigenvalue weighted by molar-refractivity contribution is 0.171. The number of hydrogen-bond donors (Lipinski definition) is 2. The lowest BCUT2D eigenvalue weighted by Gasteiger charge is -2.24. The summed E-state index contributed by atoms with van der Waals surface area (Å²) in [5.41, 5.74) is 5.09. The number of rotatable bonds is 9. The van der Waals surface area contributed by atoms with Crippen LogP contribution in [-0.2, 0) is 0 Å². The molecule has 0 aliphatic carbocycles. The van der Waals surface area contributed by atoms with Gasteiger partial charge in [-0.2, -0.15) is 0 Å². The molecule has 0 aromatic heterocycles. The van der Waals surface area contributed by atoms with Gasteiger partial charge >= 0.3 is 6.03 Å². The Balaban J connectivity index is 1.43. The van der Waals surface area contributed by atoms with E-state index in [1.165, 1.54) is 6.42 Å². The quantitative estimate of drug-likeness (QED) is 0.619. The van der Waals surface area contributed by atoms with Gasteiger partial charge in [0.15, 0.2) is 0 Å². The van der Waals surface area contributed by atoms with Gasteiger partial charge in [-0.05, 0) is 74.3 Å². The van der Waals surface area contributed by atoms with Gasteiger partial charge in [-0.15, -0.1) is 0 Å². The molecule has 2 aromatic carbocycles. The topological polar surface area (TPSA) is 76.8 Å². The van der Waals surface area contributed by atoms with Gasteiger partial charge < -0.3 is 20.5 Å². The summed E-state index contributed by atoms with van der Waals surface area (Å²) < 4.78 is 11.8. The highest BCUT2D eigenvalue weighted by atomic mass is 35.5. The van der Waals surface area contributed by atoms with Crippen LogP contribution in [0.25, 0.3) is 0 Å².